The van der Waals surface area contributed by atoms with Gasteiger partial charge in [0.25, 0.3) is 5.91 Å². The first-order valence-corrected chi connectivity index (χ1v) is 7.98. The molecule has 24 heavy (non-hydrogen) atoms. The van der Waals surface area contributed by atoms with Gasteiger partial charge in [0, 0.05) is 23.6 Å². The summed E-state index contributed by atoms with van der Waals surface area (Å²) in [6.07, 6.45) is 6.70. The number of benzene rings is 1. The Morgan fingerprint density at radius 2 is 2.00 bits per heavy atom. The molecular weight excluding hydrogens is 324 g/mol. The average molecular weight is 341 g/mol. The molecule has 6 heteroatoms. The van der Waals surface area contributed by atoms with Crippen LogP contribution in [0.2, 0.25) is 5.02 Å². The van der Waals surface area contributed by atoms with Crippen LogP contribution in [0, 0.1) is 0 Å². The van der Waals surface area contributed by atoms with Crippen LogP contribution in [0.25, 0.3) is 0 Å². The van der Waals surface area contributed by atoms with E-state index in [9.17, 15) is 4.79 Å². The Morgan fingerprint density at radius 3 is 2.75 bits per heavy atom. The van der Waals surface area contributed by atoms with Crippen molar-refractivity contribution in [1.29, 1.82) is 0 Å². The van der Waals surface area contributed by atoms with Crippen LogP contribution in [0.1, 0.15) is 34.5 Å². The third-order valence-corrected chi connectivity index (χ3v) is 4.11. The van der Waals surface area contributed by atoms with Gasteiger partial charge in [-0.2, -0.15) is 5.10 Å². The van der Waals surface area contributed by atoms with Crippen molar-refractivity contribution in [2.45, 2.75) is 19.5 Å². The molecule has 2 heterocycles. The second kappa shape index (κ2) is 7.27. The Bertz CT molecular complexity index is 832. The number of pyridine rings is 1. The molecule has 0 radical (unpaired) electrons. The molecule has 1 amide bonds. The number of halogens is 1. The van der Waals surface area contributed by atoms with Crippen LogP contribution in [0.5, 0.6) is 0 Å². The molecule has 5 nitrogen and oxygen atoms in total. The first kappa shape index (κ1) is 16.2. The zero-order valence-corrected chi connectivity index (χ0v) is 13.9. The molecule has 1 atom stereocenters. The number of nitrogens with zero attached hydrogens (tertiary/aromatic N) is 3. The van der Waals surface area contributed by atoms with Crippen molar-refractivity contribution < 1.29 is 4.79 Å². The minimum atomic E-state index is -0.162. The van der Waals surface area contributed by atoms with E-state index in [1.807, 2.05) is 43.3 Å². The van der Waals surface area contributed by atoms with Crippen LogP contribution in [-0.2, 0) is 6.54 Å². The molecule has 0 spiro atoms. The largest absolute Gasteiger partial charge is 0.345 e. The number of rotatable bonds is 5. The minimum absolute atomic E-state index is 0.104. The SMILES string of the molecule is CC(NC(=O)c1cnn(Cc2ccccc2Cl)c1)c1ccncc1. The fraction of sp³-hybridized carbons (Fsp3) is 0.167. The van der Waals surface area contributed by atoms with Crippen molar-refractivity contribution in [3.63, 3.8) is 0 Å². The van der Waals surface area contributed by atoms with Crippen molar-refractivity contribution in [3.8, 4) is 0 Å². The van der Waals surface area contributed by atoms with Crippen molar-refractivity contribution in [2.24, 2.45) is 0 Å². The molecule has 0 aliphatic heterocycles. The molecule has 1 aromatic carbocycles. The van der Waals surface area contributed by atoms with Crippen LogP contribution in [-0.4, -0.2) is 20.7 Å². The Labute approximate surface area is 145 Å². The number of nitrogens with one attached hydrogen (secondary N) is 1. The maximum absolute atomic E-state index is 12.4. The Kier molecular flexibility index (Phi) is 4.91. The zero-order chi connectivity index (χ0) is 16.9. The summed E-state index contributed by atoms with van der Waals surface area (Å²) >= 11 is 6.15. The number of aromatic nitrogens is 3. The van der Waals surface area contributed by atoms with Crippen molar-refractivity contribution >= 4 is 17.5 Å². The third-order valence-electron chi connectivity index (χ3n) is 3.74. The van der Waals surface area contributed by atoms with E-state index in [4.69, 9.17) is 11.6 Å². The summed E-state index contributed by atoms with van der Waals surface area (Å²) in [5.74, 6) is -0.162. The van der Waals surface area contributed by atoms with Crippen molar-refractivity contribution in [3.05, 3.63) is 82.9 Å². The van der Waals surface area contributed by atoms with Crippen LogP contribution in [0.15, 0.2) is 61.2 Å². The highest BCUT2D eigenvalue weighted by Crippen LogP contribution is 2.16. The van der Waals surface area contributed by atoms with Gasteiger partial charge in [-0.15, -0.1) is 0 Å². The Hall–Kier alpha value is -2.66. The molecule has 0 bridgehead atoms. The summed E-state index contributed by atoms with van der Waals surface area (Å²) in [5, 5.41) is 7.88. The molecule has 122 valence electrons. The lowest BCUT2D eigenvalue weighted by molar-refractivity contribution is 0.0940. The second-order valence-electron chi connectivity index (χ2n) is 5.49. The summed E-state index contributed by atoms with van der Waals surface area (Å²) in [7, 11) is 0. The minimum Gasteiger partial charge on any atom is -0.345 e. The van der Waals surface area contributed by atoms with Crippen LogP contribution in [0.3, 0.4) is 0 Å². The number of amides is 1. The van der Waals surface area contributed by atoms with Gasteiger partial charge >= 0.3 is 0 Å². The lowest BCUT2D eigenvalue weighted by Gasteiger charge is -2.13. The lowest BCUT2D eigenvalue weighted by Crippen LogP contribution is -2.26. The zero-order valence-electron chi connectivity index (χ0n) is 13.2. The van der Waals surface area contributed by atoms with E-state index in [2.05, 4.69) is 15.4 Å². The van der Waals surface area contributed by atoms with Gasteiger partial charge in [-0.3, -0.25) is 14.5 Å². The molecule has 0 saturated heterocycles. The summed E-state index contributed by atoms with van der Waals surface area (Å²) in [5.41, 5.74) is 2.48. The van der Waals surface area contributed by atoms with E-state index in [0.717, 1.165) is 11.1 Å². The standard InChI is InChI=1S/C18H17ClN4O/c1-13(14-6-8-20-9-7-14)22-18(24)16-10-21-23(12-16)11-15-4-2-3-5-17(15)19/h2-10,12-13H,11H2,1H3,(H,22,24). The Balaban J connectivity index is 1.67. The molecule has 0 saturated carbocycles. The lowest BCUT2D eigenvalue weighted by atomic mass is 10.1. The highest BCUT2D eigenvalue weighted by Gasteiger charge is 2.13. The molecule has 0 aliphatic carbocycles. The normalized spacial score (nSPS) is 11.9. The third kappa shape index (κ3) is 3.81. The maximum atomic E-state index is 12.4. The van der Waals surface area contributed by atoms with E-state index in [0.29, 0.717) is 17.1 Å². The molecule has 3 rings (SSSR count). The Morgan fingerprint density at radius 1 is 1.25 bits per heavy atom. The maximum Gasteiger partial charge on any atom is 0.254 e. The summed E-state index contributed by atoms with van der Waals surface area (Å²) < 4.78 is 1.70. The van der Waals surface area contributed by atoms with Gasteiger partial charge in [0.1, 0.15) is 0 Å². The van der Waals surface area contributed by atoms with Gasteiger partial charge in [0.2, 0.25) is 0 Å². The monoisotopic (exact) mass is 340 g/mol. The van der Waals surface area contributed by atoms with Crippen molar-refractivity contribution in [2.75, 3.05) is 0 Å². The molecule has 3 aromatic rings. The van der Waals surface area contributed by atoms with Crippen LogP contribution >= 0.6 is 11.6 Å². The molecule has 0 aliphatic rings. The summed E-state index contributed by atoms with van der Waals surface area (Å²) in [4.78, 5) is 16.3. The second-order valence-corrected chi connectivity index (χ2v) is 5.90. The summed E-state index contributed by atoms with van der Waals surface area (Å²) in [6.45, 7) is 2.45. The first-order valence-electron chi connectivity index (χ1n) is 7.60. The van der Waals surface area contributed by atoms with Crippen LogP contribution in [0.4, 0.5) is 0 Å². The number of hydrogen-bond acceptors (Lipinski definition) is 3. The van der Waals surface area contributed by atoms with E-state index in [-0.39, 0.29) is 11.9 Å². The van der Waals surface area contributed by atoms with E-state index in [1.54, 1.807) is 29.5 Å². The molecule has 1 unspecified atom stereocenters. The van der Waals surface area contributed by atoms with Gasteiger partial charge in [-0.1, -0.05) is 29.8 Å². The van der Waals surface area contributed by atoms with E-state index in [1.165, 1.54) is 0 Å². The predicted molar refractivity (Wildman–Crippen MR) is 92.9 cm³/mol. The molecule has 2 aromatic heterocycles. The fourth-order valence-electron chi connectivity index (χ4n) is 2.38. The van der Waals surface area contributed by atoms with Gasteiger partial charge in [0.05, 0.1) is 24.3 Å². The van der Waals surface area contributed by atoms with Gasteiger partial charge < -0.3 is 5.32 Å². The first-order chi connectivity index (χ1) is 11.6. The quantitative estimate of drug-likeness (QED) is 0.773. The fourth-order valence-corrected chi connectivity index (χ4v) is 2.58. The highest BCUT2D eigenvalue weighted by molar-refractivity contribution is 6.31. The van der Waals surface area contributed by atoms with Gasteiger partial charge in [-0.05, 0) is 36.2 Å². The number of hydrogen-bond donors (Lipinski definition) is 1. The molecular formula is C18H17ClN4O. The predicted octanol–water partition coefficient (Wildman–Crippen LogP) is 3.47. The number of carbonyl (C=O) groups excluding carboxylic acids is 1. The average Bonchev–Trinajstić information content (AvgIpc) is 3.06. The molecule has 1 N–H and O–H groups in total. The van der Waals surface area contributed by atoms with E-state index >= 15 is 0 Å². The summed E-state index contributed by atoms with van der Waals surface area (Å²) in [6, 6.07) is 11.2. The van der Waals surface area contributed by atoms with Gasteiger partial charge in [-0.25, -0.2) is 0 Å². The smallest absolute Gasteiger partial charge is 0.254 e. The van der Waals surface area contributed by atoms with Crippen molar-refractivity contribution in [1.82, 2.24) is 20.1 Å². The number of carbonyl (C=O) groups is 1. The van der Waals surface area contributed by atoms with Crippen LogP contribution < -0.4 is 5.32 Å². The molecule has 0 fully saturated rings. The topological polar surface area (TPSA) is 59.8 Å². The van der Waals surface area contributed by atoms with E-state index < -0.39 is 0 Å². The van der Waals surface area contributed by atoms with Gasteiger partial charge in [0.15, 0.2) is 0 Å². The highest BCUT2D eigenvalue weighted by atomic mass is 35.5.